The Kier molecular flexibility index (Phi) is 0.444. The first-order chi connectivity index (χ1) is 4.73. The number of carbonyl (C=O) groups is 1. The van der Waals surface area contributed by atoms with Crippen LogP contribution < -0.4 is 11.5 Å². The average molecular weight is 108 g/mol. The van der Waals surface area contributed by atoms with E-state index in [9.17, 15) is 4.79 Å². The molecule has 42 valence electrons. The number of nitrogens with two attached hydrogens (primary N) is 2. The molecular weight excluding hydrogens is 96.0 g/mol. The molecule has 0 aromatic carbocycles. The van der Waals surface area contributed by atoms with Crippen LogP contribution in [0, 0.1) is 0 Å². The number of hydrogen-bond donors (Lipinski definition) is 3. The van der Waals surface area contributed by atoms with Gasteiger partial charge in [-0.05, 0) is 6.85 Å². The maximum atomic E-state index is 10.5. The molecule has 4 heteroatoms. The highest BCUT2D eigenvalue weighted by molar-refractivity contribution is 5.76. The van der Waals surface area contributed by atoms with Crippen molar-refractivity contribution in [1.29, 1.82) is 1.43 Å². The third kappa shape index (κ3) is 2.13. The Bertz CT molecular complexity index is 165. The van der Waals surface area contributed by atoms with Crippen molar-refractivity contribution >= 4 is 5.97 Å². The summed E-state index contributed by atoms with van der Waals surface area (Å²) in [4.78, 5) is 10.5. The van der Waals surface area contributed by atoms with Gasteiger partial charge in [-0.25, -0.2) is 4.79 Å². The monoisotopic (exact) mass is 108 g/mol. The fraction of sp³-hybridized carbons (Fsp3) is 0.667. The van der Waals surface area contributed by atoms with Gasteiger partial charge in [-0.1, -0.05) is 0 Å². The van der Waals surface area contributed by atoms with Crippen LogP contribution in [0.1, 0.15) is 11.0 Å². The maximum absolute atomic E-state index is 10.5. The van der Waals surface area contributed by atoms with E-state index >= 15 is 0 Å². The van der Waals surface area contributed by atoms with Gasteiger partial charge in [0.25, 0.3) is 1.43 Å². The molecule has 5 N–H and O–H groups in total. The van der Waals surface area contributed by atoms with Gasteiger partial charge in [-0.3, -0.25) is 0 Å². The molecule has 0 aromatic rings. The molecule has 0 bridgehead atoms. The second-order valence-electron chi connectivity index (χ2n) is 1.16. The number of carboxylic acids is 1. The lowest BCUT2D eigenvalue weighted by atomic mass is 10.2. The van der Waals surface area contributed by atoms with Gasteiger partial charge >= 0.3 is 5.97 Å². The second-order valence-corrected chi connectivity index (χ2v) is 1.16. The van der Waals surface area contributed by atoms with Crippen LogP contribution in [0.15, 0.2) is 0 Å². The normalized spacial score (nSPS) is 20.9. The summed E-state index contributed by atoms with van der Waals surface area (Å²) in [7, 11) is 0. The predicted octanol–water partition coefficient (Wildman–Crippen LogP) is -1.30. The molecule has 0 aliphatic heterocycles. The Hall–Kier alpha value is -0.610. The van der Waals surface area contributed by atoms with Crippen LogP contribution in [0.5, 0.6) is 0 Å². The summed E-state index contributed by atoms with van der Waals surface area (Å²) in [5.41, 5.74) is 7.13. The van der Waals surface area contributed by atoms with E-state index in [0.717, 1.165) is 0 Å². The molecule has 7 heavy (non-hydrogen) atoms. The molecule has 0 heterocycles. The van der Waals surface area contributed by atoms with E-state index in [0.29, 0.717) is 0 Å². The standard InChI is InChI=1S/C3H8N2O2/c1-3(4,5)2(6)7/h4-5H2,1H3,(H,6,7)/i1D3/hD. The first-order valence-electron chi connectivity index (χ1n) is 3.39. The van der Waals surface area contributed by atoms with Crippen LogP contribution in [-0.4, -0.2) is 16.7 Å². The molecule has 0 unspecified atom stereocenters. The molecule has 0 saturated heterocycles. The molecule has 0 saturated carbocycles. The largest absolute Gasteiger partial charge is 0.479 e. The van der Waals surface area contributed by atoms with E-state index in [1.165, 1.54) is 0 Å². The molecule has 0 aliphatic carbocycles. The van der Waals surface area contributed by atoms with E-state index in [2.05, 4.69) is 5.11 Å². The first kappa shape index (κ1) is 2.11. The zero-order valence-corrected chi connectivity index (χ0v) is 3.47. The van der Waals surface area contributed by atoms with Crippen LogP contribution >= 0.6 is 0 Å². The summed E-state index contributed by atoms with van der Waals surface area (Å²) in [6.45, 7) is -2.87. The van der Waals surface area contributed by atoms with E-state index in [1.807, 2.05) is 0 Å². The zero-order chi connectivity index (χ0) is 9.28. The van der Waals surface area contributed by atoms with Gasteiger partial charge < -0.3 is 16.6 Å². The Morgan fingerprint density at radius 2 is 2.71 bits per heavy atom. The minimum Gasteiger partial charge on any atom is -0.479 e. The molecule has 0 atom stereocenters. The van der Waals surface area contributed by atoms with Crippen molar-refractivity contribution in [2.45, 2.75) is 12.5 Å². The fourth-order valence-electron chi connectivity index (χ4n) is 0. The highest BCUT2D eigenvalue weighted by atomic mass is 16.4. The lowest BCUT2D eigenvalue weighted by Gasteiger charge is -2.09. The van der Waals surface area contributed by atoms with E-state index in [4.69, 9.17) is 17.0 Å². The van der Waals surface area contributed by atoms with Crippen LogP contribution in [0.3, 0.4) is 0 Å². The van der Waals surface area contributed by atoms with Crippen molar-refractivity contribution in [2.75, 3.05) is 0 Å². The lowest BCUT2D eigenvalue weighted by molar-refractivity contribution is -0.142. The molecular formula is C3H8N2O2. The van der Waals surface area contributed by atoms with E-state index in [1.54, 1.807) is 0 Å². The van der Waals surface area contributed by atoms with Crippen molar-refractivity contribution in [1.82, 2.24) is 0 Å². The van der Waals surface area contributed by atoms with Crippen LogP contribution in [0.25, 0.3) is 1.43 Å². The van der Waals surface area contributed by atoms with Crippen LogP contribution in [0.4, 0.5) is 0 Å². The topological polar surface area (TPSA) is 89.3 Å². The fourth-order valence-corrected chi connectivity index (χ4v) is 0. The van der Waals surface area contributed by atoms with Crippen molar-refractivity contribution in [2.24, 2.45) is 11.5 Å². The molecule has 0 fully saturated rings. The molecule has 0 aromatic heterocycles. The SMILES string of the molecule is [2H]OC(=O)C(N)(N)C([2H])([2H])[2H]. The summed E-state index contributed by atoms with van der Waals surface area (Å²) in [5.74, 6) is -1.49. The first-order valence-corrected chi connectivity index (χ1v) is 1.49. The summed E-state index contributed by atoms with van der Waals surface area (Å²) >= 11 is 0. The predicted molar refractivity (Wildman–Crippen MR) is 24.4 cm³/mol. The summed E-state index contributed by atoms with van der Waals surface area (Å²) < 4.78 is 26.1. The number of rotatable bonds is 1. The van der Waals surface area contributed by atoms with E-state index < -0.39 is 18.5 Å². The Morgan fingerprint density at radius 1 is 2.14 bits per heavy atom. The van der Waals surface area contributed by atoms with Crippen molar-refractivity contribution in [3.63, 3.8) is 0 Å². The summed E-state index contributed by atoms with van der Waals surface area (Å²) in [6, 6.07) is 0. The molecule has 0 amide bonds. The third-order valence-corrected chi connectivity index (χ3v) is 0.338. The smallest absolute Gasteiger partial charge is 0.338 e. The van der Waals surface area contributed by atoms with Gasteiger partial charge in [0.15, 0.2) is 5.66 Å². The highest BCUT2D eigenvalue weighted by Crippen LogP contribution is 1.82. The van der Waals surface area contributed by atoms with Crippen molar-refractivity contribution < 1.29 is 14.0 Å². The van der Waals surface area contributed by atoms with Crippen LogP contribution in [0.2, 0.25) is 0 Å². The van der Waals surface area contributed by atoms with Gasteiger partial charge in [-0.15, -0.1) is 0 Å². The van der Waals surface area contributed by atoms with Crippen molar-refractivity contribution in [3.05, 3.63) is 0 Å². The summed E-state index contributed by atoms with van der Waals surface area (Å²) in [6.07, 6.45) is 0. The van der Waals surface area contributed by atoms with Crippen molar-refractivity contribution in [3.8, 4) is 0 Å². The molecule has 0 rings (SSSR count). The Labute approximate surface area is 46.8 Å². The minimum atomic E-state index is -2.87. The van der Waals surface area contributed by atoms with Gasteiger partial charge in [0.2, 0.25) is 0 Å². The van der Waals surface area contributed by atoms with Gasteiger partial charge in [0.05, 0.1) is 0 Å². The third-order valence-electron chi connectivity index (χ3n) is 0.338. The Morgan fingerprint density at radius 3 is 2.86 bits per heavy atom. The van der Waals surface area contributed by atoms with Crippen LogP contribution in [-0.2, 0) is 4.79 Å². The number of carboxylic acid groups (broad SMARTS) is 1. The zero-order valence-electron chi connectivity index (χ0n) is 7.47. The highest BCUT2D eigenvalue weighted by Gasteiger charge is 2.20. The second kappa shape index (κ2) is 1.48. The maximum Gasteiger partial charge on any atom is 0.338 e. The molecule has 0 aliphatic rings. The van der Waals surface area contributed by atoms with Gasteiger partial charge in [0.1, 0.15) is 0 Å². The minimum absolute atomic E-state index is 1.49. The Balaban J connectivity index is 4.59. The van der Waals surface area contributed by atoms with Gasteiger partial charge in [0, 0.05) is 4.11 Å². The average Bonchev–Trinajstić information content (AvgIpc) is 1.83. The quantitative estimate of drug-likeness (QED) is 0.364. The summed E-state index contributed by atoms with van der Waals surface area (Å²) in [5, 5.41) is 3.34. The molecule has 0 radical (unpaired) electrons. The van der Waals surface area contributed by atoms with E-state index in [-0.39, 0.29) is 0 Å². The lowest BCUT2D eigenvalue weighted by Crippen LogP contribution is -2.53. The molecule has 0 spiro atoms. The van der Waals surface area contributed by atoms with Gasteiger partial charge in [-0.2, -0.15) is 0 Å². The molecule has 4 nitrogen and oxygen atoms in total. The number of aliphatic carboxylic acids is 1. The number of hydrogen-bond acceptors (Lipinski definition) is 4.